The van der Waals surface area contributed by atoms with E-state index >= 15 is 0 Å². The molecular formula is C22H25FN2O3S. The van der Waals surface area contributed by atoms with Crippen LogP contribution >= 0.6 is 11.8 Å². The van der Waals surface area contributed by atoms with Crippen molar-refractivity contribution in [1.82, 2.24) is 4.90 Å². The van der Waals surface area contributed by atoms with Crippen LogP contribution in [0.25, 0.3) is 0 Å². The summed E-state index contributed by atoms with van der Waals surface area (Å²) in [6.45, 7) is 5.81. The van der Waals surface area contributed by atoms with Crippen LogP contribution in [0.2, 0.25) is 0 Å². The molecule has 1 saturated heterocycles. The first-order chi connectivity index (χ1) is 13.9. The molecule has 0 saturated carbocycles. The van der Waals surface area contributed by atoms with E-state index in [-0.39, 0.29) is 24.1 Å². The third-order valence-corrected chi connectivity index (χ3v) is 6.01. The second-order valence-electron chi connectivity index (χ2n) is 7.04. The molecule has 2 aromatic carbocycles. The molecule has 1 fully saturated rings. The van der Waals surface area contributed by atoms with E-state index in [1.807, 2.05) is 30.9 Å². The van der Waals surface area contributed by atoms with Crippen molar-refractivity contribution in [2.45, 2.75) is 18.7 Å². The molecule has 1 heterocycles. The van der Waals surface area contributed by atoms with Gasteiger partial charge in [0.25, 0.3) is 5.91 Å². The number of esters is 1. The number of anilines is 1. The first-order valence-corrected chi connectivity index (χ1v) is 10.6. The Morgan fingerprint density at radius 3 is 2.48 bits per heavy atom. The van der Waals surface area contributed by atoms with Crippen molar-refractivity contribution < 1.29 is 18.7 Å². The highest BCUT2D eigenvalue weighted by Gasteiger charge is 2.23. The topological polar surface area (TPSA) is 49.9 Å². The van der Waals surface area contributed by atoms with Gasteiger partial charge in [0, 0.05) is 31.1 Å². The summed E-state index contributed by atoms with van der Waals surface area (Å²) in [6.07, 6.45) is 0. The number of benzene rings is 2. The Balaban J connectivity index is 1.40. The van der Waals surface area contributed by atoms with Gasteiger partial charge in [-0.05, 0) is 37.6 Å². The average molecular weight is 417 g/mol. The number of rotatable bonds is 6. The van der Waals surface area contributed by atoms with Gasteiger partial charge in [0.05, 0.1) is 11.4 Å². The number of hydrogen-bond donors (Lipinski definition) is 0. The summed E-state index contributed by atoms with van der Waals surface area (Å²) in [5.74, 6) is -0.725. The molecular weight excluding hydrogens is 391 g/mol. The number of para-hydroxylation sites is 1. The largest absolute Gasteiger partial charge is 0.455 e. The van der Waals surface area contributed by atoms with Crippen LogP contribution in [0.15, 0.2) is 47.4 Å². The molecule has 154 valence electrons. The minimum absolute atomic E-state index is 0.165. The minimum Gasteiger partial charge on any atom is -0.455 e. The van der Waals surface area contributed by atoms with Crippen LogP contribution in [-0.4, -0.2) is 55.3 Å². The molecule has 0 radical (unpaired) electrons. The van der Waals surface area contributed by atoms with Gasteiger partial charge in [-0.1, -0.05) is 29.8 Å². The number of hydrogen-bond acceptors (Lipinski definition) is 5. The van der Waals surface area contributed by atoms with E-state index in [1.54, 1.807) is 23.1 Å². The van der Waals surface area contributed by atoms with Crippen LogP contribution in [0.1, 0.15) is 11.1 Å². The standard InChI is InChI=1S/C22H25FN2O3S/c1-16-7-8-20(17(2)13-16)29-15-22(27)28-14-21(26)25-11-9-24(10-12-25)19-6-4-3-5-18(19)23/h3-8,13H,9-12,14-15H2,1-2H3. The maximum Gasteiger partial charge on any atom is 0.316 e. The molecule has 0 aromatic heterocycles. The lowest BCUT2D eigenvalue weighted by molar-refractivity contribution is -0.150. The number of nitrogens with zero attached hydrogens (tertiary/aromatic N) is 2. The lowest BCUT2D eigenvalue weighted by atomic mass is 10.2. The van der Waals surface area contributed by atoms with Crippen LogP contribution in [-0.2, 0) is 14.3 Å². The molecule has 0 spiro atoms. The van der Waals surface area contributed by atoms with Crippen molar-refractivity contribution in [3.63, 3.8) is 0 Å². The number of piperazine rings is 1. The zero-order valence-electron chi connectivity index (χ0n) is 16.7. The lowest BCUT2D eigenvalue weighted by Crippen LogP contribution is -2.50. The first-order valence-electron chi connectivity index (χ1n) is 9.57. The van der Waals surface area contributed by atoms with Crippen molar-refractivity contribution in [3.05, 3.63) is 59.4 Å². The quantitative estimate of drug-likeness (QED) is 0.533. The number of thioether (sulfide) groups is 1. The molecule has 1 aliphatic rings. The minimum atomic E-state index is -0.409. The summed E-state index contributed by atoms with van der Waals surface area (Å²) in [5, 5.41) is 0. The molecule has 5 nitrogen and oxygen atoms in total. The van der Waals surface area contributed by atoms with Crippen molar-refractivity contribution in [3.8, 4) is 0 Å². The van der Waals surface area contributed by atoms with Gasteiger partial charge in [0.1, 0.15) is 5.82 Å². The van der Waals surface area contributed by atoms with Crippen LogP contribution in [0, 0.1) is 19.7 Å². The molecule has 1 aliphatic heterocycles. The summed E-state index contributed by atoms with van der Waals surface area (Å²) in [4.78, 5) is 28.9. The predicted molar refractivity (Wildman–Crippen MR) is 113 cm³/mol. The molecule has 0 bridgehead atoms. The number of carbonyl (C=O) groups excluding carboxylic acids is 2. The molecule has 3 rings (SSSR count). The van der Waals surface area contributed by atoms with Gasteiger partial charge in [0.15, 0.2) is 6.61 Å². The zero-order valence-corrected chi connectivity index (χ0v) is 17.5. The summed E-state index contributed by atoms with van der Waals surface area (Å²) in [7, 11) is 0. The van der Waals surface area contributed by atoms with Crippen LogP contribution in [0.4, 0.5) is 10.1 Å². The smallest absolute Gasteiger partial charge is 0.316 e. The maximum atomic E-state index is 13.9. The monoisotopic (exact) mass is 416 g/mol. The second-order valence-corrected chi connectivity index (χ2v) is 8.05. The Morgan fingerprint density at radius 1 is 1.07 bits per heavy atom. The number of amides is 1. The molecule has 0 atom stereocenters. The van der Waals surface area contributed by atoms with Crippen LogP contribution < -0.4 is 4.90 Å². The summed E-state index contributed by atoms with van der Waals surface area (Å²) in [5.41, 5.74) is 2.84. The molecule has 0 unspecified atom stereocenters. The molecule has 0 aliphatic carbocycles. The van der Waals surface area contributed by atoms with Crippen molar-refractivity contribution in [2.75, 3.05) is 43.4 Å². The van der Waals surface area contributed by atoms with Gasteiger partial charge in [-0.15, -0.1) is 11.8 Å². The SMILES string of the molecule is Cc1ccc(SCC(=O)OCC(=O)N2CCN(c3ccccc3F)CC2)c(C)c1. The Bertz CT molecular complexity index is 882. The molecule has 2 aromatic rings. The van der Waals surface area contributed by atoms with Crippen LogP contribution in [0.5, 0.6) is 0 Å². The lowest BCUT2D eigenvalue weighted by Gasteiger charge is -2.36. The van der Waals surface area contributed by atoms with E-state index in [1.165, 1.54) is 23.4 Å². The van der Waals surface area contributed by atoms with E-state index in [2.05, 4.69) is 6.07 Å². The number of ether oxygens (including phenoxy) is 1. The third-order valence-electron chi connectivity index (χ3n) is 4.86. The first kappa shape index (κ1) is 21.2. The van der Waals surface area contributed by atoms with E-state index < -0.39 is 5.97 Å². The molecule has 1 amide bonds. The van der Waals surface area contributed by atoms with Gasteiger partial charge in [-0.25, -0.2) is 4.39 Å². The fraction of sp³-hybridized carbons (Fsp3) is 0.364. The average Bonchev–Trinajstić information content (AvgIpc) is 2.72. The van der Waals surface area contributed by atoms with E-state index in [0.29, 0.717) is 31.9 Å². The summed E-state index contributed by atoms with van der Waals surface area (Å²) >= 11 is 1.41. The van der Waals surface area contributed by atoms with Crippen molar-refractivity contribution >= 4 is 29.3 Å². The van der Waals surface area contributed by atoms with E-state index in [4.69, 9.17) is 4.74 Å². The highest BCUT2D eigenvalue weighted by Crippen LogP contribution is 2.23. The van der Waals surface area contributed by atoms with Crippen LogP contribution in [0.3, 0.4) is 0 Å². The molecule has 7 heteroatoms. The fourth-order valence-electron chi connectivity index (χ4n) is 3.28. The zero-order chi connectivity index (χ0) is 20.8. The Hall–Kier alpha value is -2.54. The van der Waals surface area contributed by atoms with Crippen molar-refractivity contribution in [2.24, 2.45) is 0 Å². The maximum absolute atomic E-state index is 13.9. The van der Waals surface area contributed by atoms with Crippen molar-refractivity contribution in [1.29, 1.82) is 0 Å². The molecule has 29 heavy (non-hydrogen) atoms. The normalized spacial score (nSPS) is 14.0. The van der Waals surface area contributed by atoms with Gasteiger partial charge in [-0.2, -0.15) is 0 Å². The van der Waals surface area contributed by atoms with Gasteiger partial charge >= 0.3 is 5.97 Å². The van der Waals surface area contributed by atoms with E-state index in [0.717, 1.165) is 10.5 Å². The summed E-state index contributed by atoms with van der Waals surface area (Å²) in [6, 6.07) is 12.7. The number of carbonyl (C=O) groups is 2. The highest BCUT2D eigenvalue weighted by molar-refractivity contribution is 8.00. The number of aryl methyl sites for hydroxylation is 2. The second kappa shape index (κ2) is 9.78. The Morgan fingerprint density at radius 2 is 1.79 bits per heavy atom. The fourth-order valence-corrected chi connectivity index (χ4v) is 4.09. The predicted octanol–water partition coefficient (Wildman–Crippen LogP) is 3.43. The van der Waals surface area contributed by atoms with Gasteiger partial charge in [-0.3, -0.25) is 9.59 Å². The Kier molecular flexibility index (Phi) is 7.14. The third kappa shape index (κ3) is 5.73. The molecule has 0 N–H and O–H groups in total. The number of halogens is 1. The van der Waals surface area contributed by atoms with Gasteiger partial charge in [0.2, 0.25) is 0 Å². The van der Waals surface area contributed by atoms with Gasteiger partial charge < -0.3 is 14.5 Å². The highest BCUT2D eigenvalue weighted by atomic mass is 32.2. The van der Waals surface area contributed by atoms with E-state index in [9.17, 15) is 14.0 Å². The summed E-state index contributed by atoms with van der Waals surface area (Å²) < 4.78 is 19.0. The Labute approximate surface area is 174 Å².